The van der Waals surface area contributed by atoms with Crippen LogP contribution in [-0.2, 0) is 5.41 Å². The van der Waals surface area contributed by atoms with Crippen LogP contribution >= 0.6 is 0 Å². The summed E-state index contributed by atoms with van der Waals surface area (Å²) in [6.45, 7) is 6.54. The SMILES string of the molecule is CC(C)(C)c1ccc2c(c1)NC1=NC(O)N(C3CCC(N)CC3)C=C1O2. The van der Waals surface area contributed by atoms with Crippen LogP contribution in [0.1, 0.15) is 52.0 Å². The van der Waals surface area contributed by atoms with E-state index in [4.69, 9.17) is 10.5 Å². The molecule has 2 aliphatic heterocycles. The van der Waals surface area contributed by atoms with Crippen LogP contribution in [0.4, 0.5) is 5.69 Å². The third kappa shape index (κ3) is 3.19. The first-order valence-electron chi connectivity index (χ1n) is 9.42. The Morgan fingerprint density at radius 1 is 1.23 bits per heavy atom. The molecular weight excluding hydrogens is 328 g/mol. The van der Waals surface area contributed by atoms with Crippen molar-refractivity contribution in [2.45, 2.75) is 70.3 Å². The first kappa shape index (κ1) is 17.4. The summed E-state index contributed by atoms with van der Waals surface area (Å²) in [5.41, 5.74) is 8.17. The van der Waals surface area contributed by atoms with Gasteiger partial charge in [-0.1, -0.05) is 26.8 Å². The lowest BCUT2D eigenvalue weighted by Crippen LogP contribution is -2.46. The summed E-state index contributed by atoms with van der Waals surface area (Å²) in [6, 6.07) is 6.71. The van der Waals surface area contributed by atoms with E-state index < -0.39 is 6.35 Å². The number of anilines is 1. The molecule has 3 aliphatic rings. The molecule has 1 fully saturated rings. The minimum absolute atomic E-state index is 0.0549. The summed E-state index contributed by atoms with van der Waals surface area (Å²) in [4.78, 5) is 6.34. The van der Waals surface area contributed by atoms with E-state index in [1.54, 1.807) is 0 Å². The molecule has 1 saturated carbocycles. The third-order valence-corrected chi connectivity index (χ3v) is 5.49. The van der Waals surface area contributed by atoms with Gasteiger partial charge in [-0.15, -0.1) is 0 Å². The molecule has 1 unspecified atom stereocenters. The smallest absolute Gasteiger partial charge is 0.227 e. The number of nitrogens with two attached hydrogens (primary N) is 1. The van der Waals surface area contributed by atoms with Crippen molar-refractivity contribution < 1.29 is 9.84 Å². The number of aliphatic hydroxyl groups is 1. The summed E-state index contributed by atoms with van der Waals surface area (Å²) in [6.07, 6.45) is 4.88. The highest BCUT2D eigenvalue weighted by Gasteiger charge is 2.33. The Balaban J connectivity index is 1.59. The molecule has 1 aliphatic carbocycles. The molecule has 1 aromatic rings. The van der Waals surface area contributed by atoms with Crippen LogP contribution in [0.15, 0.2) is 35.2 Å². The van der Waals surface area contributed by atoms with Crippen molar-refractivity contribution in [1.82, 2.24) is 4.90 Å². The van der Waals surface area contributed by atoms with E-state index in [0.29, 0.717) is 11.6 Å². The fourth-order valence-electron chi connectivity index (χ4n) is 3.80. The minimum atomic E-state index is -0.892. The summed E-state index contributed by atoms with van der Waals surface area (Å²) in [7, 11) is 0. The lowest BCUT2D eigenvalue weighted by atomic mass is 9.86. The average molecular weight is 356 g/mol. The van der Waals surface area contributed by atoms with E-state index in [0.717, 1.165) is 37.1 Å². The van der Waals surface area contributed by atoms with Gasteiger partial charge in [-0.3, -0.25) is 0 Å². The quantitative estimate of drug-likeness (QED) is 0.721. The van der Waals surface area contributed by atoms with E-state index in [1.807, 2.05) is 17.2 Å². The summed E-state index contributed by atoms with van der Waals surface area (Å²) in [5.74, 6) is 2.02. The van der Waals surface area contributed by atoms with Gasteiger partial charge in [0.15, 0.2) is 17.3 Å². The largest absolute Gasteiger partial charge is 0.450 e. The molecule has 2 heterocycles. The van der Waals surface area contributed by atoms with Gasteiger partial charge in [0.2, 0.25) is 6.35 Å². The number of aliphatic hydroxyl groups excluding tert-OH is 1. The van der Waals surface area contributed by atoms with Crippen LogP contribution in [0.25, 0.3) is 0 Å². The Morgan fingerprint density at radius 2 is 1.96 bits per heavy atom. The summed E-state index contributed by atoms with van der Waals surface area (Å²) >= 11 is 0. The van der Waals surface area contributed by atoms with Gasteiger partial charge in [0, 0.05) is 12.1 Å². The van der Waals surface area contributed by atoms with Gasteiger partial charge >= 0.3 is 0 Å². The van der Waals surface area contributed by atoms with Gasteiger partial charge in [-0.25, -0.2) is 4.99 Å². The van der Waals surface area contributed by atoms with Crippen molar-refractivity contribution in [3.05, 3.63) is 35.7 Å². The Kier molecular flexibility index (Phi) is 4.20. The highest BCUT2D eigenvalue weighted by molar-refractivity contribution is 6.09. The average Bonchev–Trinajstić information content (AvgIpc) is 2.59. The van der Waals surface area contributed by atoms with Crippen molar-refractivity contribution in [1.29, 1.82) is 0 Å². The molecule has 4 N–H and O–H groups in total. The van der Waals surface area contributed by atoms with Crippen molar-refractivity contribution >= 4 is 11.5 Å². The number of rotatable bonds is 1. The zero-order chi connectivity index (χ0) is 18.5. The molecule has 0 amide bonds. The maximum Gasteiger partial charge on any atom is 0.227 e. The number of amidine groups is 1. The van der Waals surface area contributed by atoms with Gasteiger partial charge in [0.25, 0.3) is 0 Å². The van der Waals surface area contributed by atoms with Gasteiger partial charge in [0.05, 0.1) is 11.9 Å². The van der Waals surface area contributed by atoms with Crippen molar-refractivity contribution in [3.63, 3.8) is 0 Å². The van der Waals surface area contributed by atoms with E-state index in [1.165, 1.54) is 5.56 Å². The minimum Gasteiger partial charge on any atom is -0.450 e. The number of aliphatic imine (C=N–C) groups is 1. The number of benzene rings is 1. The number of nitrogens with zero attached hydrogens (tertiary/aromatic N) is 2. The third-order valence-electron chi connectivity index (χ3n) is 5.49. The number of nitrogens with one attached hydrogen (secondary N) is 1. The molecule has 0 radical (unpaired) electrons. The van der Waals surface area contributed by atoms with Gasteiger partial charge < -0.3 is 25.8 Å². The Labute approximate surface area is 154 Å². The Bertz CT molecular complexity index is 758. The molecule has 0 spiro atoms. The second kappa shape index (κ2) is 6.28. The van der Waals surface area contributed by atoms with Crippen LogP contribution in [0, 0.1) is 0 Å². The van der Waals surface area contributed by atoms with E-state index >= 15 is 0 Å². The van der Waals surface area contributed by atoms with Gasteiger partial charge in [-0.2, -0.15) is 0 Å². The lowest BCUT2D eigenvalue weighted by molar-refractivity contribution is 0.00144. The van der Waals surface area contributed by atoms with Crippen LogP contribution < -0.4 is 15.8 Å². The molecule has 6 heteroatoms. The summed E-state index contributed by atoms with van der Waals surface area (Å²) < 4.78 is 6.08. The molecule has 1 atom stereocenters. The van der Waals surface area contributed by atoms with Crippen molar-refractivity contribution in [3.8, 4) is 5.75 Å². The zero-order valence-corrected chi connectivity index (χ0v) is 15.7. The number of fused-ring (bicyclic) bond motifs is 2. The normalized spacial score (nSPS) is 28.2. The van der Waals surface area contributed by atoms with Gasteiger partial charge in [0.1, 0.15) is 0 Å². The standard InChI is InChI=1S/C20H28N4O2/c1-20(2,3)12-4-9-16-15(10-12)22-18-17(26-16)11-24(19(25)23-18)14-7-5-13(21)6-8-14/h4,9-11,13-14,19,25H,5-8,21H2,1-3H3,(H,22,23). The van der Waals surface area contributed by atoms with E-state index in [2.05, 4.69) is 43.2 Å². The molecule has 26 heavy (non-hydrogen) atoms. The second-order valence-electron chi connectivity index (χ2n) is 8.52. The maximum atomic E-state index is 10.5. The molecule has 0 aromatic heterocycles. The predicted molar refractivity (Wildman–Crippen MR) is 103 cm³/mol. The maximum absolute atomic E-state index is 10.5. The highest BCUT2D eigenvalue weighted by atomic mass is 16.5. The van der Waals surface area contributed by atoms with Crippen molar-refractivity contribution in [2.75, 3.05) is 5.32 Å². The number of hydrogen-bond donors (Lipinski definition) is 3. The molecular formula is C20H28N4O2. The number of hydrogen-bond acceptors (Lipinski definition) is 6. The van der Waals surface area contributed by atoms with Gasteiger partial charge in [-0.05, 0) is 48.8 Å². The van der Waals surface area contributed by atoms with Crippen molar-refractivity contribution in [2.24, 2.45) is 10.7 Å². The monoisotopic (exact) mass is 356 g/mol. The van der Waals surface area contributed by atoms with Crippen LogP contribution in [0.2, 0.25) is 0 Å². The molecule has 1 aromatic carbocycles. The fraction of sp³-hybridized carbons (Fsp3) is 0.550. The lowest BCUT2D eigenvalue weighted by Gasteiger charge is -2.40. The van der Waals surface area contributed by atoms with Crippen LogP contribution in [0.3, 0.4) is 0 Å². The van der Waals surface area contributed by atoms with E-state index in [-0.39, 0.29) is 17.5 Å². The molecule has 0 saturated heterocycles. The summed E-state index contributed by atoms with van der Waals surface area (Å²) in [5, 5.41) is 13.8. The Morgan fingerprint density at radius 3 is 2.65 bits per heavy atom. The topological polar surface area (TPSA) is 83.1 Å². The molecule has 140 valence electrons. The first-order valence-corrected chi connectivity index (χ1v) is 9.42. The fourth-order valence-corrected chi connectivity index (χ4v) is 3.80. The number of ether oxygens (including phenoxy) is 1. The molecule has 6 nitrogen and oxygen atoms in total. The molecule has 4 rings (SSSR count). The predicted octanol–water partition coefficient (Wildman–Crippen LogP) is 2.89. The Hall–Kier alpha value is -2.05. The van der Waals surface area contributed by atoms with Crippen LogP contribution in [-0.4, -0.2) is 34.3 Å². The van der Waals surface area contributed by atoms with Crippen LogP contribution in [0.5, 0.6) is 5.75 Å². The molecule has 0 bridgehead atoms. The highest BCUT2D eigenvalue weighted by Crippen LogP contribution is 2.37. The first-order chi connectivity index (χ1) is 12.3. The zero-order valence-electron chi connectivity index (χ0n) is 15.7. The van der Waals surface area contributed by atoms with E-state index in [9.17, 15) is 5.11 Å². The second-order valence-corrected chi connectivity index (χ2v) is 8.52.